The molecule has 0 aliphatic carbocycles. The van der Waals surface area contributed by atoms with Crippen molar-refractivity contribution in [3.8, 4) is 11.4 Å². The van der Waals surface area contributed by atoms with Gasteiger partial charge in [0.2, 0.25) is 0 Å². The number of nitrogens with zero attached hydrogens (tertiary/aromatic N) is 5. The number of benzene rings is 1. The van der Waals surface area contributed by atoms with Gasteiger partial charge in [-0.1, -0.05) is 29.4 Å². The Morgan fingerprint density at radius 3 is 2.58 bits per heavy atom. The van der Waals surface area contributed by atoms with Crippen LogP contribution in [0.15, 0.2) is 45.5 Å². The number of rotatable bonds is 6. The summed E-state index contributed by atoms with van der Waals surface area (Å²) in [4.78, 5) is 29.6. The first-order valence-electron chi connectivity index (χ1n) is 12.6. The highest BCUT2D eigenvalue weighted by molar-refractivity contribution is 9.10. The Morgan fingerprint density at radius 1 is 1.18 bits per heavy atom. The van der Waals surface area contributed by atoms with Crippen molar-refractivity contribution in [3.05, 3.63) is 58.0 Å². The predicted molar refractivity (Wildman–Crippen MR) is 149 cm³/mol. The van der Waals surface area contributed by atoms with Crippen LogP contribution in [-0.2, 0) is 17.8 Å². The highest BCUT2D eigenvalue weighted by Gasteiger charge is 2.24. The van der Waals surface area contributed by atoms with E-state index in [9.17, 15) is 4.79 Å². The Hall–Kier alpha value is -3.44. The number of pyridine rings is 1. The standard InChI is InChI=1S/C27H32BrN7O3/c1-17-13-20(33-38-17)16-34-9-11-35(12-10-34)23-21(28)15-29-25-22(23)31-24(32-25)19-7-5-18(6-8-19)14-30-26(36)37-27(2,3)4/h5-8,13,15H,9-12,14,16H2,1-4H3,(H,30,36)(H,29,31,32). The third-order valence-corrected chi connectivity index (χ3v) is 6.84. The maximum Gasteiger partial charge on any atom is 0.407 e. The van der Waals surface area contributed by atoms with E-state index in [0.29, 0.717) is 6.54 Å². The van der Waals surface area contributed by atoms with Crippen molar-refractivity contribution in [2.75, 3.05) is 31.1 Å². The lowest BCUT2D eigenvalue weighted by atomic mass is 10.1. The van der Waals surface area contributed by atoms with E-state index in [4.69, 9.17) is 14.2 Å². The molecule has 5 rings (SSSR count). The van der Waals surface area contributed by atoms with Gasteiger partial charge in [0.25, 0.3) is 0 Å². The van der Waals surface area contributed by atoms with E-state index >= 15 is 0 Å². The molecular formula is C27H32BrN7O3. The predicted octanol–water partition coefficient (Wildman–Crippen LogP) is 5.03. The second kappa shape index (κ2) is 10.7. The van der Waals surface area contributed by atoms with Crippen LogP contribution < -0.4 is 10.2 Å². The average molecular weight is 583 g/mol. The van der Waals surface area contributed by atoms with E-state index in [-0.39, 0.29) is 0 Å². The number of aromatic nitrogens is 4. The van der Waals surface area contributed by atoms with Gasteiger partial charge in [0, 0.05) is 57.1 Å². The summed E-state index contributed by atoms with van der Waals surface area (Å²) in [5.74, 6) is 1.58. The maximum absolute atomic E-state index is 11.9. The van der Waals surface area contributed by atoms with E-state index in [1.807, 2.05) is 64.2 Å². The topological polar surface area (TPSA) is 112 Å². The van der Waals surface area contributed by atoms with Crippen LogP contribution in [0, 0.1) is 6.92 Å². The van der Waals surface area contributed by atoms with Crippen molar-refractivity contribution >= 4 is 38.9 Å². The second-order valence-corrected chi connectivity index (χ2v) is 11.3. The number of anilines is 1. The minimum atomic E-state index is -0.526. The number of alkyl carbamates (subject to hydrolysis) is 1. The Balaban J connectivity index is 1.27. The fourth-order valence-corrected chi connectivity index (χ4v) is 5.02. The highest BCUT2D eigenvalue weighted by atomic mass is 79.9. The van der Waals surface area contributed by atoms with Crippen LogP contribution in [0.1, 0.15) is 37.8 Å². The molecule has 0 radical (unpaired) electrons. The molecule has 0 spiro atoms. The van der Waals surface area contributed by atoms with E-state index in [2.05, 4.69) is 46.2 Å². The number of aromatic amines is 1. The van der Waals surface area contributed by atoms with Crippen LogP contribution in [-0.4, -0.2) is 62.9 Å². The van der Waals surface area contributed by atoms with Crippen molar-refractivity contribution in [1.29, 1.82) is 0 Å². The van der Waals surface area contributed by atoms with Crippen molar-refractivity contribution < 1.29 is 14.1 Å². The van der Waals surface area contributed by atoms with Gasteiger partial charge in [-0.3, -0.25) is 4.90 Å². The van der Waals surface area contributed by atoms with Crippen LogP contribution in [0.2, 0.25) is 0 Å². The Kier molecular flexibility index (Phi) is 7.40. The third kappa shape index (κ3) is 6.16. The lowest BCUT2D eigenvalue weighted by Crippen LogP contribution is -2.46. The molecular weight excluding hydrogens is 550 g/mol. The van der Waals surface area contributed by atoms with Crippen LogP contribution in [0.4, 0.5) is 10.5 Å². The molecule has 0 saturated carbocycles. The zero-order valence-electron chi connectivity index (χ0n) is 22.0. The zero-order valence-corrected chi connectivity index (χ0v) is 23.6. The minimum Gasteiger partial charge on any atom is -0.444 e. The molecule has 1 aromatic carbocycles. The summed E-state index contributed by atoms with van der Waals surface area (Å²) in [6.45, 7) is 12.2. The van der Waals surface area contributed by atoms with Gasteiger partial charge < -0.3 is 24.5 Å². The molecule has 10 nitrogen and oxygen atoms in total. The first kappa shape index (κ1) is 26.2. The SMILES string of the molecule is Cc1cc(CN2CCN(c3c(Br)cnc4[nH]c(-c5ccc(CNC(=O)OC(C)(C)C)cc5)nc34)CC2)no1. The number of nitrogens with one attached hydrogen (secondary N) is 2. The lowest BCUT2D eigenvalue weighted by Gasteiger charge is -2.36. The zero-order chi connectivity index (χ0) is 26.9. The summed E-state index contributed by atoms with van der Waals surface area (Å²) < 4.78 is 11.4. The van der Waals surface area contributed by atoms with Crippen molar-refractivity contribution in [2.24, 2.45) is 0 Å². The highest BCUT2D eigenvalue weighted by Crippen LogP contribution is 2.34. The molecule has 0 atom stereocenters. The number of aryl methyl sites for hydroxylation is 1. The number of hydrogen-bond acceptors (Lipinski definition) is 8. The molecule has 0 bridgehead atoms. The average Bonchev–Trinajstić information content (AvgIpc) is 3.48. The number of imidazole rings is 1. The summed E-state index contributed by atoms with van der Waals surface area (Å²) in [5.41, 5.74) is 4.98. The Morgan fingerprint density at radius 2 is 1.92 bits per heavy atom. The Labute approximate surface area is 229 Å². The van der Waals surface area contributed by atoms with E-state index in [1.54, 1.807) is 0 Å². The van der Waals surface area contributed by atoms with Crippen molar-refractivity contribution in [1.82, 2.24) is 30.3 Å². The normalized spacial score (nSPS) is 14.7. The second-order valence-electron chi connectivity index (χ2n) is 10.5. The fraction of sp³-hybridized carbons (Fsp3) is 0.407. The van der Waals surface area contributed by atoms with Gasteiger partial charge in [-0.15, -0.1) is 0 Å². The molecule has 38 heavy (non-hydrogen) atoms. The van der Waals surface area contributed by atoms with Crippen molar-refractivity contribution in [2.45, 2.75) is 46.4 Å². The first-order valence-corrected chi connectivity index (χ1v) is 13.4. The summed E-state index contributed by atoms with van der Waals surface area (Å²) >= 11 is 3.71. The van der Waals surface area contributed by atoms with E-state index < -0.39 is 11.7 Å². The number of halogens is 1. The number of piperazine rings is 1. The number of fused-ring (bicyclic) bond motifs is 1. The van der Waals surface area contributed by atoms with Crippen LogP contribution >= 0.6 is 15.9 Å². The van der Waals surface area contributed by atoms with Crippen LogP contribution in [0.25, 0.3) is 22.6 Å². The minimum absolute atomic E-state index is 0.385. The molecule has 4 aromatic rings. The Bertz CT molecular complexity index is 1420. The van der Waals surface area contributed by atoms with Gasteiger partial charge in [-0.25, -0.2) is 14.8 Å². The fourth-order valence-electron chi connectivity index (χ4n) is 4.48. The van der Waals surface area contributed by atoms with Crippen LogP contribution in [0.5, 0.6) is 0 Å². The molecule has 3 aromatic heterocycles. The van der Waals surface area contributed by atoms with Gasteiger partial charge in [0.05, 0.1) is 15.9 Å². The molecule has 200 valence electrons. The monoisotopic (exact) mass is 581 g/mol. The summed E-state index contributed by atoms with van der Waals surface area (Å²) in [6, 6.07) is 9.91. The molecule has 1 aliphatic heterocycles. The molecule has 1 amide bonds. The van der Waals surface area contributed by atoms with Gasteiger partial charge >= 0.3 is 6.09 Å². The van der Waals surface area contributed by atoms with Gasteiger partial charge in [-0.05, 0) is 49.2 Å². The van der Waals surface area contributed by atoms with Gasteiger partial charge in [0.15, 0.2) is 5.65 Å². The van der Waals surface area contributed by atoms with E-state index in [1.165, 1.54) is 0 Å². The molecule has 11 heteroatoms. The molecule has 1 aliphatic rings. The number of hydrogen-bond donors (Lipinski definition) is 2. The molecule has 1 saturated heterocycles. The quantitative estimate of drug-likeness (QED) is 0.326. The van der Waals surface area contributed by atoms with E-state index in [0.717, 1.165) is 82.5 Å². The molecule has 1 fully saturated rings. The number of carbonyl (C=O) groups excluding carboxylic acids is 1. The van der Waals surface area contributed by atoms with Crippen LogP contribution in [0.3, 0.4) is 0 Å². The number of H-pyrrole nitrogens is 1. The largest absolute Gasteiger partial charge is 0.444 e. The van der Waals surface area contributed by atoms with Gasteiger partial charge in [0.1, 0.15) is 22.7 Å². The number of amides is 1. The maximum atomic E-state index is 11.9. The summed E-state index contributed by atoms with van der Waals surface area (Å²) in [7, 11) is 0. The van der Waals surface area contributed by atoms with Gasteiger partial charge in [-0.2, -0.15) is 0 Å². The first-order chi connectivity index (χ1) is 18.1. The third-order valence-electron chi connectivity index (χ3n) is 6.26. The smallest absolute Gasteiger partial charge is 0.407 e. The molecule has 0 unspecified atom stereocenters. The van der Waals surface area contributed by atoms with Crippen molar-refractivity contribution in [3.63, 3.8) is 0 Å². The lowest BCUT2D eigenvalue weighted by molar-refractivity contribution is 0.0523. The summed E-state index contributed by atoms with van der Waals surface area (Å²) in [6.07, 6.45) is 1.40. The molecule has 4 heterocycles. The summed E-state index contributed by atoms with van der Waals surface area (Å²) in [5, 5.41) is 6.91. The number of carbonyl (C=O) groups is 1. The number of ether oxygens (including phenoxy) is 1. The molecule has 2 N–H and O–H groups in total.